The van der Waals surface area contributed by atoms with E-state index in [1.54, 1.807) is 11.6 Å². The summed E-state index contributed by atoms with van der Waals surface area (Å²) in [4.78, 5) is 11.2. The van der Waals surface area contributed by atoms with E-state index in [1.807, 2.05) is 0 Å². The molecule has 0 radical (unpaired) electrons. The van der Waals surface area contributed by atoms with Gasteiger partial charge >= 0.3 is 5.97 Å². The quantitative estimate of drug-likeness (QED) is 0.687. The summed E-state index contributed by atoms with van der Waals surface area (Å²) < 4.78 is 6.48. The van der Waals surface area contributed by atoms with Gasteiger partial charge in [0.15, 0.2) is 5.16 Å². The largest absolute Gasteiger partial charge is 0.465 e. The summed E-state index contributed by atoms with van der Waals surface area (Å²) in [6.07, 6.45) is 0.719. The van der Waals surface area contributed by atoms with Crippen LogP contribution in [-0.4, -0.2) is 32.6 Å². The number of aromatic nitrogens is 3. The number of nitrogen functional groups attached to an aromatic ring is 1. The molecule has 76 valence electrons. The predicted molar refractivity (Wildman–Crippen MR) is 50.6 cm³/mol. The number of cyclic esters (lactones) is 1. The summed E-state index contributed by atoms with van der Waals surface area (Å²) in [7, 11) is 1.76. The van der Waals surface area contributed by atoms with Crippen molar-refractivity contribution in [3.05, 3.63) is 0 Å². The lowest BCUT2D eigenvalue weighted by molar-refractivity contribution is -0.137. The number of carbonyl (C=O) groups excluding carboxylic acids is 1. The fourth-order valence-electron chi connectivity index (χ4n) is 1.14. The summed E-state index contributed by atoms with van der Waals surface area (Å²) in [5, 5.41) is 8.03. The molecule has 1 unspecified atom stereocenters. The minimum absolute atomic E-state index is 0.169. The van der Waals surface area contributed by atoms with E-state index in [9.17, 15) is 4.79 Å². The molecule has 2 rings (SSSR count). The van der Waals surface area contributed by atoms with E-state index in [2.05, 4.69) is 10.2 Å². The van der Waals surface area contributed by atoms with Gasteiger partial charge in [-0.1, -0.05) is 11.8 Å². The molecule has 2 N–H and O–H groups in total. The first-order valence-electron chi connectivity index (χ1n) is 4.16. The lowest BCUT2D eigenvalue weighted by atomic mass is 10.4. The van der Waals surface area contributed by atoms with Crippen LogP contribution in [0.1, 0.15) is 6.42 Å². The highest BCUT2D eigenvalue weighted by molar-refractivity contribution is 8.00. The molecule has 1 saturated heterocycles. The summed E-state index contributed by atoms with van der Waals surface area (Å²) in [6, 6.07) is 0. The lowest BCUT2D eigenvalue weighted by Gasteiger charge is -2.03. The Morgan fingerprint density at radius 2 is 2.43 bits per heavy atom. The Morgan fingerprint density at radius 3 is 2.93 bits per heavy atom. The SMILES string of the molecule is Cn1c(N)nnc1SC1CCOC1=O. The van der Waals surface area contributed by atoms with Crippen molar-refractivity contribution in [3.63, 3.8) is 0 Å². The van der Waals surface area contributed by atoms with Crippen LogP contribution in [0.15, 0.2) is 5.16 Å². The van der Waals surface area contributed by atoms with Gasteiger partial charge in [0.25, 0.3) is 0 Å². The van der Waals surface area contributed by atoms with Gasteiger partial charge in [-0.25, -0.2) is 0 Å². The van der Waals surface area contributed by atoms with Crippen molar-refractivity contribution < 1.29 is 9.53 Å². The summed E-state index contributed by atoms with van der Waals surface area (Å²) in [5.41, 5.74) is 5.51. The molecule has 0 amide bonds. The molecule has 0 aromatic carbocycles. The zero-order valence-electron chi connectivity index (χ0n) is 7.64. The van der Waals surface area contributed by atoms with Gasteiger partial charge in [0.05, 0.1) is 6.61 Å². The van der Waals surface area contributed by atoms with E-state index in [0.29, 0.717) is 17.7 Å². The van der Waals surface area contributed by atoms with Crippen LogP contribution in [-0.2, 0) is 16.6 Å². The summed E-state index contributed by atoms with van der Waals surface area (Å²) >= 11 is 1.34. The number of anilines is 1. The van der Waals surface area contributed by atoms with Crippen molar-refractivity contribution in [2.45, 2.75) is 16.8 Å². The zero-order valence-corrected chi connectivity index (χ0v) is 8.45. The first-order chi connectivity index (χ1) is 6.68. The third-order valence-electron chi connectivity index (χ3n) is 2.00. The molecular formula is C7H10N4O2S. The molecule has 2 heterocycles. The van der Waals surface area contributed by atoms with Crippen LogP contribution >= 0.6 is 11.8 Å². The van der Waals surface area contributed by atoms with Crippen molar-refractivity contribution in [1.82, 2.24) is 14.8 Å². The fraction of sp³-hybridized carbons (Fsp3) is 0.571. The van der Waals surface area contributed by atoms with Crippen molar-refractivity contribution in [1.29, 1.82) is 0 Å². The predicted octanol–water partition coefficient (Wildman–Crippen LogP) is -0.195. The maximum atomic E-state index is 11.2. The van der Waals surface area contributed by atoms with Gasteiger partial charge in [-0.05, 0) is 0 Å². The maximum absolute atomic E-state index is 11.2. The van der Waals surface area contributed by atoms with Crippen molar-refractivity contribution in [2.75, 3.05) is 12.3 Å². The van der Waals surface area contributed by atoms with Gasteiger partial charge < -0.3 is 10.5 Å². The van der Waals surface area contributed by atoms with Crippen LogP contribution in [0.25, 0.3) is 0 Å². The fourth-order valence-corrected chi connectivity index (χ4v) is 2.11. The van der Waals surface area contributed by atoms with Crippen LogP contribution in [0.5, 0.6) is 0 Å². The topological polar surface area (TPSA) is 83.0 Å². The van der Waals surface area contributed by atoms with Gasteiger partial charge in [0, 0.05) is 13.5 Å². The lowest BCUT2D eigenvalue weighted by Crippen LogP contribution is -2.10. The van der Waals surface area contributed by atoms with Gasteiger partial charge in [-0.15, -0.1) is 10.2 Å². The standard InChI is InChI=1S/C7H10N4O2S/c1-11-6(8)9-10-7(11)14-4-2-3-13-5(4)12/h4H,2-3H2,1H3,(H2,8,9). The number of hydrogen-bond donors (Lipinski definition) is 1. The Bertz CT molecular complexity index is 365. The molecule has 1 aromatic rings. The minimum atomic E-state index is -0.184. The molecule has 1 aliphatic rings. The van der Waals surface area contributed by atoms with Gasteiger partial charge in [-0.2, -0.15) is 0 Å². The molecule has 14 heavy (non-hydrogen) atoms. The van der Waals surface area contributed by atoms with E-state index >= 15 is 0 Å². The van der Waals surface area contributed by atoms with Crippen molar-refractivity contribution in [2.24, 2.45) is 7.05 Å². The van der Waals surface area contributed by atoms with Crippen LogP contribution in [0.4, 0.5) is 5.95 Å². The second-order valence-corrected chi connectivity index (χ2v) is 4.13. The molecule has 0 bridgehead atoms. The number of nitrogens with two attached hydrogens (primary N) is 1. The molecule has 1 aliphatic heterocycles. The van der Waals surface area contributed by atoms with Gasteiger partial charge in [0.1, 0.15) is 5.25 Å². The number of carbonyl (C=O) groups is 1. The maximum Gasteiger partial charge on any atom is 0.319 e. The molecule has 1 fully saturated rings. The highest BCUT2D eigenvalue weighted by Crippen LogP contribution is 2.28. The van der Waals surface area contributed by atoms with E-state index < -0.39 is 0 Å². The Hall–Kier alpha value is -1.24. The number of rotatable bonds is 2. The first-order valence-corrected chi connectivity index (χ1v) is 5.04. The second-order valence-electron chi connectivity index (χ2n) is 2.96. The monoisotopic (exact) mass is 214 g/mol. The number of hydrogen-bond acceptors (Lipinski definition) is 6. The second kappa shape index (κ2) is 3.49. The highest BCUT2D eigenvalue weighted by Gasteiger charge is 2.29. The molecule has 1 aromatic heterocycles. The Balaban J connectivity index is 2.10. The normalized spacial score (nSPS) is 21.2. The van der Waals surface area contributed by atoms with Gasteiger partial charge in [-0.3, -0.25) is 9.36 Å². The number of nitrogens with zero attached hydrogens (tertiary/aromatic N) is 3. The summed E-state index contributed by atoms with van der Waals surface area (Å²) in [5.74, 6) is 0.162. The van der Waals surface area contributed by atoms with Crippen LogP contribution in [0, 0.1) is 0 Å². The number of thioether (sulfide) groups is 1. The molecule has 0 saturated carbocycles. The van der Waals surface area contributed by atoms with Crippen LogP contribution in [0.2, 0.25) is 0 Å². The molecule has 6 nitrogen and oxygen atoms in total. The Labute approximate surface area is 84.8 Å². The first kappa shape index (κ1) is 9.32. The van der Waals surface area contributed by atoms with Gasteiger partial charge in [0.2, 0.25) is 5.95 Å². The number of esters is 1. The average Bonchev–Trinajstić information content (AvgIpc) is 2.68. The Kier molecular flexibility index (Phi) is 2.32. The van der Waals surface area contributed by atoms with E-state index in [4.69, 9.17) is 10.5 Å². The van der Waals surface area contributed by atoms with E-state index in [0.717, 1.165) is 6.42 Å². The number of ether oxygens (including phenoxy) is 1. The highest BCUT2D eigenvalue weighted by atomic mass is 32.2. The Morgan fingerprint density at radius 1 is 1.64 bits per heavy atom. The average molecular weight is 214 g/mol. The summed E-state index contributed by atoms with van der Waals surface area (Å²) in [6.45, 7) is 0.490. The van der Waals surface area contributed by atoms with Crippen molar-refractivity contribution in [3.8, 4) is 0 Å². The molecular weight excluding hydrogens is 204 g/mol. The third kappa shape index (κ3) is 1.54. The molecule has 0 aliphatic carbocycles. The minimum Gasteiger partial charge on any atom is -0.465 e. The van der Waals surface area contributed by atoms with Crippen LogP contribution in [0.3, 0.4) is 0 Å². The smallest absolute Gasteiger partial charge is 0.319 e. The van der Waals surface area contributed by atoms with Crippen molar-refractivity contribution >= 4 is 23.7 Å². The van der Waals surface area contributed by atoms with E-state index in [1.165, 1.54) is 11.8 Å². The molecule has 0 spiro atoms. The zero-order chi connectivity index (χ0) is 10.1. The van der Waals surface area contributed by atoms with Crippen LogP contribution < -0.4 is 5.73 Å². The molecule has 1 atom stereocenters. The third-order valence-corrected chi connectivity index (χ3v) is 3.28. The van der Waals surface area contributed by atoms with E-state index in [-0.39, 0.29) is 11.2 Å². The molecule has 7 heteroatoms.